The van der Waals surface area contributed by atoms with Crippen LogP contribution in [0.1, 0.15) is 22.0 Å². The van der Waals surface area contributed by atoms with Crippen LogP contribution in [0.15, 0.2) is 18.2 Å². The van der Waals surface area contributed by atoms with Gasteiger partial charge in [-0.05, 0) is 11.6 Å². The molecular formula is C10H8N2O5. The van der Waals surface area contributed by atoms with E-state index < -0.39 is 17.1 Å². The fourth-order valence-corrected chi connectivity index (χ4v) is 1.29. The van der Waals surface area contributed by atoms with Gasteiger partial charge in [0.25, 0.3) is 5.69 Å². The van der Waals surface area contributed by atoms with Gasteiger partial charge < -0.3 is 10.2 Å². The van der Waals surface area contributed by atoms with E-state index in [1.54, 1.807) is 0 Å². The van der Waals surface area contributed by atoms with E-state index in [4.69, 9.17) is 10.4 Å². The molecule has 0 saturated heterocycles. The first-order chi connectivity index (χ1) is 8.01. The quantitative estimate of drug-likeness (QED) is 0.336. The number of aliphatic hydroxyl groups excluding tert-OH is 2. The maximum atomic E-state index is 10.7. The van der Waals surface area contributed by atoms with Gasteiger partial charge in [0.1, 0.15) is 6.10 Å². The van der Waals surface area contributed by atoms with Gasteiger partial charge in [0.05, 0.1) is 11.0 Å². The van der Waals surface area contributed by atoms with Crippen LogP contribution < -0.4 is 0 Å². The molecular weight excluding hydrogens is 228 g/mol. The molecule has 7 heteroatoms. The minimum atomic E-state index is -1.70. The maximum Gasteiger partial charge on any atom is 0.270 e. The number of rotatable bonds is 4. The third-order valence-electron chi connectivity index (χ3n) is 2.16. The number of carbonyl (C=O) groups is 1. The van der Waals surface area contributed by atoms with E-state index in [9.17, 15) is 20.0 Å². The lowest BCUT2D eigenvalue weighted by Crippen LogP contribution is -2.17. The van der Waals surface area contributed by atoms with Crippen molar-refractivity contribution in [3.63, 3.8) is 0 Å². The van der Waals surface area contributed by atoms with Crippen molar-refractivity contribution < 1.29 is 19.9 Å². The number of nitrogens with zero attached hydrogens (tertiary/aromatic N) is 2. The van der Waals surface area contributed by atoms with Gasteiger partial charge in [0.2, 0.25) is 0 Å². The first-order valence-corrected chi connectivity index (χ1v) is 4.50. The van der Waals surface area contributed by atoms with E-state index in [-0.39, 0.29) is 16.8 Å². The Morgan fingerprint density at radius 2 is 2.12 bits per heavy atom. The number of aliphatic hydroxyl groups is 2. The molecule has 7 nitrogen and oxygen atoms in total. The van der Waals surface area contributed by atoms with Crippen LogP contribution in [0.5, 0.6) is 0 Å². The second kappa shape index (κ2) is 5.16. The summed E-state index contributed by atoms with van der Waals surface area (Å²) in [6.07, 6.45) is -2.97. The van der Waals surface area contributed by atoms with Crippen molar-refractivity contribution >= 4 is 12.0 Å². The molecule has 17 heavy (non-hydrogen) atoms. The average Bonchev–Trinajstić information content (AvgIpc) is 2.35. The number of non-ortho nitro benzene ring substituents is 1. The zero-order valence-electron chi connectivity index (χ0n) is 8.48. The SMILES string of the molecule is N#CC(O)C(O)c1ccc([N+](=O)[O-])cc1C=O. The van der Waals surface area contributed by atoms with Gasteiger partial charge in [0.15, 0.2) is 12.4 Å². The van der Waals surface area contributed by atoms with Crippen molar-refractivity contribution in [1.82, 2.24) is 0 Å². The van der Waals surface area contributed by atoms with E-state index in [0.717, 1.165) is 18.2 Å². The fraction of sp³-hybridized carbons (Fsp3) is 0.200. The highest BCUT2D eigenvalue weighted by Gasteiger charge is 2.22. The van der Waals surface area contributed by atoms with Gasteiger partial charge >= 0.3 is 0 Å². The first-order valence-electron chi connectivity index (χ1n) is 4.50. The van der Waals surface area contributed by atoms with Gasteiger partial charge in [-0.2, -0.15) is 5.26 Å². The second-order valence-corrected chi connectivity index (χ2v) is 3.21. The molecule has 0 aliphatic rings. The molecule has 1 aromatic rings. The molecule has 0 aliphatic heterocycles. The lowest BCUT2D eigenvalue weighted by atomic mass is 9.99. The monoisotopic (exact) mass is 236 g/mol. The number of hydrogen-bond acceptors (Lipinski definition) is 6. The zero-order valence-corrected chi connectivity index (χ0v) is 8.48. The summed E-state index contributed by atoms with van der Waals surface area (Å²) in [5.41, 5.74) is -0.477. The zero-order chi connectivity index (χ0) is 13.0. The minimum absolute atomic E-state index is 0.0281. The molecule has 0 aliphatic carbocycles. The topological polar surface area (TPSA) is 124 Å². The van der Waals surface area contributed by atoms with Crippen molar-refractivity contribution in [2.24, 2.45) is 0 Å². The highest BCUT2D eigenvalue weighted by Crippen LogP contribution is 2.24. The number of nitro benzene ring substituents is 1. The molecule has 0 radical (unpaired) electrons. The predicted molar refractivity (Wildman–Crippen MR) is 55.1 cm³/mol. The van der Waals surface area contributed by atoms with Gasteiger partial charge in [-0.25, -0.2) is 0 Å². The third-order valence-corrected chi connectivity index (χ3v) is 2.16. The summed E-state index contributed by atoms with van der Waals surface area (Å²) in [6.45, 7) is 0. The Morgan fingerprint density at radius 3 is 2.59 bits per heavy atom. The summed E-state index contributed by atoms with van der Waals surface area (Å²) in [4.78, 5) is 20.5. The standard InChI is InChI=1S/C10H8N2O5/c11-4-9(14)10(15)8-2-1-7(12(16)17)3-6(8)5-13/h1-3,5,9-10,14-15H. The smallest absolute Gasteiger partial charge is 0.270 e. The van der Waals surface area contributed by atoms with Crippen LogP contribution in [0, 0.1) is 21.4 Å². The molecule has 0 spiro atoms. The Balaban J connectivity index is 3.22. The van der Waals surface area contributed by atoms with Crippen LogP contribution in [0.2, 0.25) is 0 Å². The van der Waals surface area contributed by atoms with E-state index in [0.29, 0.717) is 6.29 Å². The molecule has 0 bridgehead atoms. The number of hydrogen-bond donors (Lipinski definition) is 2. The molecule has 0 amide bonds. The van der Waals surface area contributed by atoms with Crippen molar-refractivity contribution in [2.75, 3.05) is 0 Å². The van der Waals surface area contributed by atoms with Crippen molar-refractivity contribution in [3.05, 3.63) is 39.4 Å². The molecule has 2 unspecified atom stereocenters. The Morgan fingerprint density at radius 1 is 1.47 bits per heavy atom. The molecule has 2 N–H and O–H groups in total. The van der Waals surface area contributed by atoms with Crippen molar-refractivity contribution in [3.8, 4) is 6.07 Å². The number of nitriles is 1. The Hall–Kier alpha value is -2.30. The van der Waals surface area contributed by atoms with Crippen molar-refractivity contribution in [1.29, 1.82) is 5.26 Å². The predicted octanol–water partition coefficient (Wildman–Crippen LogP) is 0.325. The summed E-state index contributed by atoms with van der Waals surface area (Å²) >= 11 is 0. The molecule has 1 aromatic carbocycles. The van der Waals surface area contributed by atoms with E-state index in [1.165, 1.54) is 6.07 Å². The number of nitro groups is 1. The highest BCUT2D eigenvalue weighted by molar-refractivity contribution is 5.79. The normalized spacial score (nSPS) is 13.5. The second-order valence-electron chi connectivity index (χ2n) is 3.21. The average molecular weight is 236 g/mol. The van der Waals surface area contributed by atoms with Crippen LogP contribution >= 0.6 is 0 Å². The minimum Gasteiger partial charge on any atom is -0.385 e. The maximum absolute atomic E-state index is 10.7. The summed E-state index contributed by atoms with van der Waals surface area (Å²) in [5, 5.41) is 37.5. The van der Waals surface area contributed by atoms with Crippen LogP contribution in [-0.2, 0) is 0 Å². The molecule has 2 atom stereocenters. The largest absolute Gasteiger partial charge is 0.385 e. The van der Waals surface area contributed by atoms with Crippen LogP contribution in [0.4, 0.5) is 5.69 Å². The summed E-state index contributed by atoms with van der Waals surface area (Å²) in [5.74, 6) is 0. The van der Waals surface area contributed by atoms with Gasteiger partial charge in [0, 0.05) is 17.7 Å². The number of carbonyl (C=O) groups excluding carboxylic acids is 1. The Labute approximate surface area is 95.7 Å². The number of benzene rings is 1. The molecule has 0 fully saturated rings. The van der Waals surface area contributed by atoms with Gasteiger partial charge in [-0.15, -0.1) is 0 Å². The fourth-order valence-electron chi connectivity index (χ4n) is 1.29. The van der Waals surface area contributed by atoms with Gasteiger partial charge in [-0.1, -0.05) is 0 Å². The Kier molecular flexibility index (Phi) is 3.87. The Bertz CT molecular complexity index is 494. The van der Waals surface area contributed by atoms with E-state index >= 15 is 0 Å². The lowest BCUT2D eigenvalue weighted by molar-refractivity contribution is -0.384. The van der Waals surface area contributed by atoms with Gasteiger partial charge in [-0.3, -0.25) is 14.9 Å². The summed E-state index contributed by atoms with van der Waals surface area (Å²) in [7, 11) is 0. The molecule has 88 valence electrons. The van der Waals surface area contributed by atoms with E-state index in [2.05, 4.69) is 0 Å². The van der Waals surface area contributed by atoms with Crippen LogP contribution in [-0.4, -0.2) is 27.5 Å². The molecule has 0 saturated carbocycles. The molecule has 0 aromatic heterocycles. The lowest BCUT2D eigenvalue weighted by Gasteiger charge is -2.13. The third kappa shape index (κ3) is 2.63. The molecule has 1 rings (SSSR count). The number of aldehydes is 1. The molecule has 0 heterocycles. The van der Waals surface area contributed by atoms with Crippen LogP contribution in [0.25, 0.3) is 0 Å². The van der Waals surface area contributed by atoms with Crippen molar-refractivity contribution in [2.45, 2.75) is 12.2 Å². The summed E-state index contributed by atoms with van der Waals surface area (Å²) < 4.78 is 0. The van der Waals surface area contributed by atoms with Crippen LogP contribution in [0.3, 0.4) is 0 Å². The first kappa shape index (κ1) is 12.8. The van der Waals surface area contributed by atoms with E-state index in [1.807, 2.05) is 0 Å². The highest BCUT2D eigenvalue weighted by atomic mass is 16.6. The summed E-state index contributed by atoms with van der Waals surface area (Å²) in [6, 6.07) is 4.59.